The zero-order valence-electron chi connectivity index (χ0n) is 27.5. The van der Waals surface area contributed by atoms with Crippen LogP contribution in [0.3, 0.4) is 0 Å². The van der Waals surface area contributed by atoms with Crippen LogP contribution in [0.1, 0.15) is 36.1 Å². The number of rotatable bonds is 4. The quantitative estimate of drug-likeness (QED) is 0.185. The van der Waals surface area contributed by atoms with Crippen molar-refractivity contribution < 1.29 is 4.42 Å². The maximum absolute atomic E-state index is 6.60. The Morgan fingerprint density at radius 2 is 1.36 bits per heavy atom. The molecule has 2 unspecified atom stereocenters. The highest BCUT2D eigenvalue weighted by molar-refractivity contribution is 7.26. The van der Waals surface area contributed by atoms with Crippen molar-refractivity contribution in [3.63, 3.8) is 0 Å². The summed E-state index contributed by atoms with van der Waals surface area (Å²) in [5.74, 6) is 0.982. The molecule has 0 radical (unpaired) electrons. The molecule has 1 aliphatic heterocycles. The van der Waals surface area contributed by atoms with Gasteiger partial charge in [-0.2, -0.15) is 0 Å². The van der Waals surface area contributed by atoms with Gasteiger partial charge < -0.3 is 4.42 Å². The van der Waals surface area contributed by atoms with Crippen LogP contribution in [0.15, 0.2) is 166 Å². The first-order chi connectivity index (χ1) is 24.7. The molecule has 2 aromatic heterocycles. The summed E-state index contributed by atoms with van der Waals surface area (Å²) in [6.45, 7) is 2.32. The Hall–Kier alpha value is -5.84. The van der Waals surface area contributed by atoms with Crippen LogP contribution in [0.5, 0.6) is 0 Å². The van der Waals surface area contributed by atoms with Crippen molar-refractivity contribution in [3.05, 3.63) is 168 Å². The summed E-state index contributed by atoms with van der Waals surface area (Å²) in [5.41, 5.74) is 8.46. The molecule has 1 aliphatic rings. The molecule has 0 aliphatic carbocycles. The van der Waals surface area contributed by atoms with E-state index in [0.29, 0.717) is 0 Å². The van der Waals surface area contributed by atoms with Gasteiger partial charge in [0.1, 0.15) is 11.2 Å². The second-order valence-corrected chi connectivity index (χ2v) is 14.4. The average molecular weight is 661 g/mol. The number of amidine groups is 1. The summed E-state index contributed by atoms with van der Waals surface area (Å²) in [6.07, 6.45) is 0.820. The highest BCUT2D eigenvalue weighted by Crippen LogP contribution is 2.43. The molecule has 4 heteroatoms. The van der Waals surface area contributed by atoms with Crippen LogP contribution in [-0.2, 0) is 0 Å². The number of fused-ring (bicyclic) bond motifs is 7. The van der Waals surface area contributed by atoms with E-state index in [1.165, 1.54) is 42.1 Å². The molecular formula is C46H32N2OS. The molecule has 0 saturated heterocycles. The lowest BCUT2D eigenvalue weighted by atomic mass is 9.88. The van der Waals surface area contributed by atoms with Gasteiger partial charge in [-0.15, -0.1) is 11.3 Å². The lowest BCUT2D eigenvalue weighted by Crippen LogP contribution is -2.12. The summed E-state index contributed by atoms with van der Waals surface area (Å²) in [4.78, 5) is 11.0. The van der Waals surface area contributed by atoms with Gasteiger partial charge >= 0.3 is 0 Å². The smallest absolute Gasteiger partial charge is 0.156 e. The van der Waals surface area contributed by atoms with Gasteiger partial charge in [-0.3, -0.25) is 4.99 Å². The Morgan fingerprint density at radius 1 is 0.600 bits per heavy atom. The van der Waals surface area contributed by atoms with E-state index in [9.17, 15) is 0 Å². The normalized spacial score (nSPS) is 16.7. The van der Waals surface area contributed by atoms with Crippen LogP contribution < -0.4 is 0 Å². The Morgan fingerprint density at radius 3 is 2.28 bits per heavy atom. The molecular weight excluding hydrogens is 629 g/mol. The second-order valence-electron chi connectivity index (χ2n) is 13.4. The van der Waals surface area contributed by atoms with Crippen molar-refractivity contribution >= 4 is 75.8 Å². The van der Waals surface area contributed by atoms with Gasteiger partial charge in [-0.25, -0.2) is 4.99 Å². The summed E-state index contributed by atoms with van der Waals surface area (Å²) in [5, 5.41) is 7.19. The predicted octanol–water partition coefficient (Wildman–Crippen LogP) is 12.8. The van der Waals surface area contributed by atoms with Crippen LogP contribution in [0.25, 0.3) is 64.0 Å². The van der Waals surface area contributed by atoms with Crippen LogP contribution >= 0.6 is 11.3 Å². The number of hydrogen-bond acceptors (Lipinski definition) is 4. The fraction of sp³-hybridized carbons (Fsp3) is 0.0870. The van der Waals surface area contributed by atoms with Crippen molar-refractivity contribution in [2.75, 3.05) is 0 Å². The van der Waals surface area contributed by atoms with E-state index in [-0.39, 0.29) is 12.0 Å². The summed E-state index contributed by atoms with van der Waals surface area (Å²) in [6, 6.07) is 53.9. The van der Waals surface area contributed by atoms with Gasteiger partial charge in [-0.1, -0.05) is 128 Å². The fourth-order valence-corrected chi connectivity index (χ4v) is 9.01. The third-order valence-electron chi connectivity index (χ3n) is 10.2. The molecule has 0 saturated carbocycles. The molecule has 0 amide bonds. The van der Waals surface area contributed by atoms with E-state index in [1.807, 2.05) is 11.3 Å². The highest BCUT2D eigenvalue weighted by atomic mass is 32.1. The Kier molecular flexibility index (Phi) is 6.78. The number of thiophene rings is 1. The molecule has 238 valence electrons. The minimum absolute atomic E-state index is 0.0698. The Labute approximate surface area is 293 Å². The first-order valence-electron chi connectivity index (χ1n) is 17.2. The van der Waals surface area contributed by atoms with E-state index in [2.05, 4.69) is 159 Å². The molecule has 0 fully saturated rings. The van der Waals surface area contributed by atoms with E-state index in [0.717, 1.165) is 56.6 Å². The van der Waals surface area contributed by atoms with Crippen LogP contribution in [0, 0.1) is 5.92 Å². The fourth-order valence-electron chi connectivity index (χ4n) is 7.76. The van der Waals surface area contributed by atoms with Crippen molar-refractivity contribution in [2.24, 2.45) is 15.9 Å². The first kappa shape index (κ1) is 29.1. The molecule has 9 aromatic rings. The third-order valence-corrected chi connectivity index (χ3v) is 11.5. The van der Waals surface area contributed by atoms with Gasteiger partial charge in [0.25, 0.3) is 0 Å². The highest BCUT2D eigenvalue weighted by Gasteiger charge is 2.29. The van der Waals surface area contributed by atoms with Crippen molar-refractivity contribution in [1.29, 1.82) is 0 Å². The zero-order valence-corrected chi connectivity index (χ0v) is 28.3. The Balaban J connectivity index is 1.16. The summed E-state index contributed by atoms with van der Waals surface area (Å²) in [7, 11) is 0. The molecule has 3 heterocycles. The van der Waals surface area contributed by atoms with Crippen molar-refractivity contribution in [2.45, 2.75) is 19.4 Å². The van der Waals surface area contributed by atoms with Crippen LogP contribution in [0.4, 0.5) is 0 Å². The molecule has 2 atom stereocenters. The summed E-state index contributed by atoms with van der Waals surface area (Å²) >= 11 is 1.87. The van der Waals surface area contributed by atoms with E-state index in [4.69, 9.17) is 14.4 Å². The van der Waals surface area contributed by atoms with Crippen molar-refractivity contribution in [3.8, 4) is 11.1 Å². The lowest BCUT2D eigenvalue weighted by Gasteiger charge is -2.20. The predicted molar refractivity (Wildman–Crippen MR) is 212 cm³/mol. The standard InChI is InChI=1S/C46H32N2OS/c1-28-25-39(30-12-3-2-4-13-30)47-46(48-44(28)38-18-9-16-35-34-15-7-8-20-42(34)50-45(35)38)37-17-10-19-40-43(37)36-24-23-33(27-41(36)49-40)32-22-21-29-11-5-6-14-31(29)26-32/h2-24,26-28,44H,25H2,1H3. The van der Waals surface area contributed by atoms with E-state index < -0.39 is 0 Å². The van der Waals surface area contributed by atoms with Crippen molar-refractivity contribution in [1.82, 2.24) is 0 Å². The molecule has 0 N–H and O–H groups in total. The van der Waals surface area contributed by atoms with Gasteiger partial charge in [-0.05, 0) is 75.7 Å². The van der Waals surface area contributed by atoms with Crippen LogP contribution in [-0.4, -0.2) is 11.5 Å². The molecule has 0 spiro atoms. The zero-order chi connectivity index (χ0) is 33.2. The maximum Gasteiger partial charge on any atom is 0.156 e. The Bertz CT molecular complexity index is 2820. The maximum atomic E-state index is 6.60. The van der Waals surface area contributed by atoms with Gasteiger partial charge in [0, 0.05) is 36.5 Å². The number of hydrogen-bond donors (Lipinski definition) is 0. The molecule has 50 heavy (non-hydrogen) atoms. The minimum atomic E-state index is -0.0698. The van der Waals surface area contributed by atoms with E-state index in [1.54, 1.807) is 0 Å². The SMILES string of the molecule is CC1CC(c2ccccc2)=NC(c2cccc3oc4cc(-c5ccc6ccccc6c5)ccc4c23)=NC1c1cccc2c1sc1ccccc12. The van der Waals surface area contributed by atoms with Gasteiger partial charge in [0.05, 0.1) is 11.8 Å². The molecule has 7 aromatic carbocycles. The number of furan rings is 1. The molecule has 3 nitrogen and oxygen atoms in total. The molecule has 10 rings (SSSR count). The number of nitrogens with zero attached hydrogens (tertiary/aromatic N) is 2. The number of aliphatic imine (C=N–C) groups is 2. The lowest BCUT2D eigenvalue weighted by molar-refractivity contribution is 0.496. The third kappa shape index (κ3) is 4.79. The van der Waals surface area contributed by atoms with E-state index >= 15 is 0 Å². The average Bonchev–Trinajstić information content (AvgIpc) is 3.69. The first-order valence-corrected chi connectivity index (χ1v) is 18.1. The minimum Gasteiger partial charge on any atom is -0.456 e. The van der Waals surface area contributed by atoms with Gasteiger partial charge in [0.2, 0.25) is 0 Å². The second kappa shape index (κ2) is 11.6. The monoisotopic (exact) mass is 660 g/mol. The topological polar surface area (TPSA) is 37.9 Å². The molecule has 0 bridgehead atoms. The largest absolute Gasteiger partial charge is 0.456 e. The summed E-state index contributed by atoms with van der Waals surface area (Å²) < 4.78 is 9.21. The van der Waals surface area contributed by atoms with Crippen LogP contribution in [0.2, 0.25) is 0 Å². The van der Waals surface area contributed by atoms with Gasteiger partial charge in [0.15, 0.2) is 5.84 Å². The number of benzene rings is 7.